The van der Waals surface area contributed by atoms with Crippen molar-refractivity contribution in [3.8, 4) is 0 Å². The SMILES string of the molecule is O=C(NC1CC1)c1cc2cc3ccc(Cl)cc3nc2o1. The number of halogens is 1. The van der Waals surface area contributed by atoms with Gasteiger partial charge >= 0.3 is 0 Å². The van der Waals surface area contributed by atoms with Crippen molar-refractivity contribution in [2.75, 3.05) is 0 Å². The van der Waals surface area contributed by atoms with Crippen LogP contribution in [-0.4, -0.2) is 16.9 Å². The molecule has 1 amide bonds. The molecule has 2 heterocycles. The van der Waals surface area contributed by atoms with E-state index in [-0.39, 0.29) is 5.91 Å². The van der Waals surface area contributed by atoms with Gasteiger partial charge < -0.3 is 9.73 Å². The molecule has 4 rings (SSSR count). The van der Waals surface area contributed by atoms with Crippen LogP contribution in [0.4, 0.5) is 0 Å². The molecule has 0 unspecified atom stereocenters. The average Bonchev–Trinajstić information content (AvgIpc) is 3.13. The number of rotatable bonds is 2. The molecule has 100 valence electrons. The van der Waals surface area contributed by atoms with E-state index >= 15 is 0 Å². The fourth-order valence-corrected chi connectivity index (χ4v) is 2.36. The van der Waals surface area contributed by atoms with E-state index < -0.39 is 0 Å². The summed E-state index contributed by atoms with van der Waals surface area (Å²) in [5, 5.41) is 5.32. The van der Waals surface area contributed by atoms with Crippen LogP contribution < -0.4 is 5.32 Å². The minimum Gasteiger partial charge on any atom is -0.433 e. The molecular formula is C15H11ClN2O2. The lowest BCUT2D eigenvalue weighted by molar-refractivity contribution is 0.0925. The van der Waals surface area contributed by atoms with Crippen LogP contribution in [0.25, 0.3) is 22.0 Å². The number of hydrogen-bond acceptors (Lipinski definition) is 3. The number of carbonyl (C=O) groups is 1. The molecule has 1 aromatic carbocycles. The van der Waals surface area contributed by atoms with Gasteiger partial charge in [0.25, 0.3) is 5.91 Å². The van der Waals surface area contributed by atoms with Gasteiger partial charge in [0.2, 0.25) is 5.71 Å². The summed E-state index contributed by atoms with van der Waals surface area (Å²) in [6.45, 7) is 0. The maximum atomic E-state index is 12.0. The Kier molecular flexibility index (Phi) is 2.47. The van der Waals surface area contributed by atoms with Crippen LogP contribution >= 0.6 is 11.6 Å². The van der Waals surface area contributed by atoms with E-state index in [0.29, 0.717) is 22.5 Å². The van der Waals surface area contributed by atoms with E-state index in [2.05, 4.69) is 10.3 Å². The highest BCUT2D eigenvalue weighted by Crippen LogP contribution is 2.25. The fraction of sp³-hybridized carbons (Fsp3) is 0.200. The van der Waals surface area contributed by atoms with Crippen molar-refractivity contribution in [3.63, 3.8) is 0 Å². The van der Waals surface area contributed by atoms with Crippen LogP contribution in [0.2, 0.25) is 5.02 Å². The summed E-state index contributed by atoms with van der Waals surface area (Å²) < 4.78 is 5.54. The van der Waals surface area contributed by atoms with E-state index in [1.54, 1.807) is 12.1 Å². The Labute approximate surface area is 119 Å². The molecule has 20 heavy (non-hydrogen) atoms. The van der Waals surface area contributed by atoms with Gasteiger partial charge in [-0.15, -0.1) is 0 Å². The Balaban J connectivity index is 1.81. The molecule has 0 spiro atoms. The molecule has 3 aromatic rings. The first-order chi connectivity index (χ1) is 9.69. The zero-order valence-electron chi connectivity index (χ0n) is 10.5. The highest BCUT2D eigenvalue weighted by Gasteiger charge is 2.25. The Morgan fingerprint density at radius 1 is 1.25 bits per heavy atom. The van der Waals surface area contributed by atoms with Crippen LogP contribution in [0.1, 0.15) is 23.4 Å². The van der Waals surface area contributed by atoms with Gasteiger partial charge in [0.15, 0.2) is 5.76 Å². The molecule has 4 nitrogen and oxygen atoms in total. The molecule has 0 atom stereocenters. The highest BCUT2D eigenvalue weighted by molar-refractivity contribution is 6.31. The van der Waals surface area contributed by atoms with Crippen molar-refractivity contribution in [2.45, 2.75) is 18.9 Å². The van der Waals surface area contributed by atoms with Crippen molar-refractivity contribution >= 4 is 39.5 Å². The number of nitrogens with zero attached hydrogens (tertiary/aromatic N) is 1. The standard InChI is InChI=1S/C15H11ClN2O2/c16-10-2-1-8-5-9-6-13(14(19)17-11-3-4-11)20-15(9)18-12(8)7-10/h1-2,5-7,11H,3-4H2,(H,17,19). The van der Waals surface area contributed by atoms with Gasteiger partial charge in [0, 0.05) is 21.8 Å². The number of aromatic nitrogens is 1. The number of nitrogens with one attached hydrogen (secondary N) is 1. The largest absolute Gasteiger partial charge is 0.433 e. The quantitative estimate of drug-likeness (QED) is 0.784. The Morgan fingerprint density at radius 2 is 2.10 bits per heavy atom. The summed E-state index contributed by atoms with van der Waals surface area (Å²) in [7, 11) is 0. The summed E-state index contributed by atoms with van der Waals surface area (Å²) in [6.07, 6.45) is 2.10. The van der Waals surface area contributed by atoms with Crippen LogP contribution in [0.3, 0.4) is 0 Å². The van der Waals surface area contributed by atoms with Gasteiger partial charge in [-0.3, -0.25) is 4.79 Å². The number of amides is 1. The van der Waals surface area contributed by atoms with Crippen LogP contribution in [0, 0.1) is 0 Å². The maximum absolute atomic E-state index is 12.0. The van der Waals surface area contributed by atoms with E-state index in [0.717, 1.165) is 29.1 Å². The monoisotopic (exact) mass is 286 g/mol. The summed E-state index contributed by atoms with van der Waals surface area (Å²) in [5.41, 5.74) is 1.22. The van der Waals surface area contributed by atoms with Crippen molar-refractivity contribution < 1.29 is 9.21 Å². The topological polar surface area (TPSA) is 55.1 Å². The molecule has 1 saturated carbocycles. The lowest BCUT2D eigenvalue weighted by atomic mass is 10.2. The van der Waals surface area contributed by atoms with Crippen LogP contribution in [0.15, 0.2) is 34.7 Å². The van der Waals surface area contributed by atoms with Crippen molar-refractivity contribution in [3.05, 3.63) is 41.1 Å². The third-order valence-electron chi connectivity index (χ3n) is 3.40. The smallest absolute Gasteiger partial charge is 0.287 e. The first kappa shape index (κ1) is 11.7. The van der Waals surface area contributed by atoms with E-state index in [4.69, 9.17) is 16.0 Å². The Hall–Kier alpha value is -2.07. The molecule has 0 saturated heterocycles. The summed E-state index contributed by atoms with van der Waals surface area (Å²) in [4.78, 5) is 16.4. The highest BCUT2D eigenvalue weighted by atomic mass is 35.5. The second-order valence-corrected chi connectivity index (χ2v) is 5.51. The molecule has 0 bridgehead atoms. The molecule has 5 heteroatoms. The van der Waals surface area contributed by atoms with Crippen LogP contribution in [-0.2, 0) is 0 Å². The third-order valence-corrected chi connectivity index (χ3v) is 3.64. The first-order valence-corrected chi connectivity index (χ1v) is 6.87. The van der Waals surface area contributed by atoms with Gasteiger partial charge in [-0.1, -0.05) is 17.7 Å². The Morgan fingerprint density at radius 3 is 2.90 bits per heavy atom. The number of hydrogen-bond donors (Lipinski definition) is 1. The predicted octanol–water partition coefficient (Wildman–Crippen LogP) is 3.53. The maximum Gasteiger partial charge on any atom is 0.287 e. The lowest BCUT2D eigenvalue weighted by Gasteiger charge is -1.98. The number of carbonyl (C=O) groups excluding carboxylic acids is 1. The molecule has 0 aliphatic heterocycles. The number of fused-ring (bicyclic) bond motifs is 2. The average molecular weight is 287 g/mol. The molecule has 1 aliphatic carbocycles. The van der Waals surface area contributed by atoms with Gasteiger partial charge in [-0.2, -0.15) is 0 Å². The summed E-state index contributed by atoms with van der Waals surface area (Å²) >= 11 is 5.96. The minimum absolute atomic E-state index is 0.174. The first-order valence-electron chi connectivity index (χ1n) is 6.50. The van der Waals surface area contributed by atoms with Gasteiger partial charge in [0.05, 0.1) is 5.52 Å². The zero-order chi connectivity index (χ0) is 13.7. The molecule has 1 fully saturated rings. The summed E-state index contributed by atoms with van der Waals surface area (Å²) in [6, 6.07) is 9.49. The predicted molar refractivity (Wildman–Crippen MR) is 77.0 cm³/mol. The van der Waals surface area contributed by atoms with Gasteiger partial charge in [0.1, 0.15) is 0 Å². The zero-order valence-corrected chi connectivity index (χ0v) is 11.3. The van der Waals surface area contributed by atoms with E-state index in [1.807, 2.05) is 18.2 Å². The third kappa shape index (κ3) is 2.02. The molecule has 1 aliphatic rings. The van der Waals surface area contributed by atoms with Gasteiger partial charge in [-0.05, 0) is 37.1 Å². The second-order valence-electron chi connectivity index (χ2n) is 5.08. The molecule has 2 aromatic heterocycles. The van der Waals surface area contributed by atoms with E-state index in [9.17, 15) is 4.79 Å². The van der Waals surface area contributed by atoms with Crippen LogP contribution in [0.5, 0.6) is 0 Å². The molecule has 0 radical (unpaired) electrons. The Bertz CT molecular complexity index is 836. The summed E-state index contributed by atoms with van der Waals surface area (Å²) in [5.74, 6) is 0.133. The minimum atomic E-state index is -0.174. The molecular weight excluding hydrogens is 276 g/mol. The molecule has 1 N–H and O–H groups in total. The van der Waals surface area contributed by atoms with Crippen molar-refractivity contribution in [1.82, 2.24) is 10.3 Å². The van der Waals surface area contributed by atoms with Gasteiger partial charge in [-0.25, -0.2) is 4.98 Å². The number of benzene rings is 1. The van der Waals surface area contributed by atoms with Crippen molar-refractivity contribution in [1.29, 1.82) is 0 Å². The number of pyridine rings is 1. The van der Waals surface area contributed by atoms with E-state index in [1.165, 1.54) is 0 Å². The second kappa shape index (κ2) is 4.21. The number of furan rings is 1. The van der Waals surface area contributed by atoms with Crippen molar-refractivity contribution in [2.24, 2.45) is 0 Å². The normalized spacial score (nSPS) is 14.8. The lowest BCUT2D eigenvalue weighted by Crippen LogP contribution is -2.24. The fourth-order valence-electron chi connectivity index (χ4n) is 2.20.